The molecule has 1 aromatic heterocycles. The summed E-state index contributed by atoms with van der Waals surface area (Å²) in [6.45, 7) is 11.4. The Hall–Kier alpha value is -1.84. The third-order valence-corrected chi connectivity index (χ3v) is 5.16. The molecule has 172 valence electrons. The summed E-state index contributed by atoms with van der Waals surface area (Å²) in [6.07, 6.45) is 5.73. The number of ether oxygens (including phenoxy) is 1. The summed E-state index contributed by atoms with van der Waals surface area (Å²) in [5.41, 5.74) is 2.28. The number of fused-ring (bicyclic) bond motifs is 1. The van der Waals surface area contributed by atoms with Gasteiger partial charge < -0.3 is 19.9 Å². The Labute approximate surface area is 203 Å². The molecule has 0 bridgehead atoms. The van der Waals surface area contributed by atoms with E-state index >= 15 is 0 Å². The Kier molecular flexibility index (Phi) is 10.6. The lowest BCUT2D eigenvalue weighted by atomic mass is 10.1. The number of nitrogens with one attached hydrogen (secondary N) is 2. The third-order valence-electron chi connectivity index (χ3n) is 5.16. The van der Waals surface area contributed by atoms with Crippen LogP contribution in [0.4, 0.5) is 0 Å². The van der Waals surface area contributed by atoms with E-state index in [4.69, 9.17) is 9.73 Å². The van der Waals surface area contributed by atoms with E-state index in [-0.39, 0.29) is 30.1 Å². The second-order valence-electron chi connectivity index (χ2n) is 8.14. The second-order valence-corrected chi connectivity index (χ2v) is 8.14. The van der Waals surface area contributed by atoms with Gasteiger partial charge in [0.15, 0.2) is 5.96 Å². The molecule has 0 aliphatic carbocycles. The summed E-state index contributed by atoms with van der Waals surface area (Å²) in [5, 5.41) is 15.6. The van der Waals surface area contributed by atoms with Gasteiger partial charge in [0.2, 0.25) is 0 Å². The zero-order chi connectivity index (χ0) is 21.3. The first-order valence-corrected chi connectivity index (χ1v) is 11.3. The molecule has 0 fully saturated rings. The maximum atomic E-state index is 5.98. The molecule has 1 aliphatic rings. The molecule has 0 saturated carbocycles. The first-order valence-electron chi connectivity index (χ1n) is 11.3. The molecule has 1 aromatic carbocycles. The Morgan fingerprint density at radius 1 is 1.19 bits per heavy atom. The number of guanidine groups is 1. The van der Waals surface area contributed by atoms with Gasteiger partial charge in [-0.2, -0.15) is 0 Å². The Morgan fingerprint density at radius 2 is 2.03 bits per heavy atom. The van der Waals surface area contributed by atoms with Crippen LogP contribution in [0, 0.1) is 6.92 Å². The molecule has 0 spiro atoms. The van der Waals surface area contributed by atoms with Gasteiger partial charge in [-0.25, -0.2) is 4.99 Å². The van der Waals surface area contributed by atoms with Crippen molar-refractivity contribution in [1.29, 1.82) is 0 Å². The summed E-state index contributed by atoms with van der Waals surface area (Å²) < 4.78 is 8.29. The molecular weight excluding hydrogens is 503 g/mol. The summed E-state index contributed by atoms with van der Waals surface area (Å²) in [5.74, 6) is 3.93. The molecule has 2 aromatic rings. The van der Waals surface area contributed by atoms with Crippen LogP contribution < -0.4 is 15.4 Å². The monoisotopic (exact) mass is 540 g/mol. The van der Waals surface area contributed by atoms with Crippen LogP contribution in [0.5, 0.6) is 5.75 Å². The van der Waals surface area contributed by atoms with E-state index in [1.54, 1.807) is 0 Å². The predicted octanol–water partition coefficient (Wildman–Crippen LogP) is 4.02. The van der Waals surface area contributed by atoms with E-state index < -0.39 is 0 Å². The molecule has 8 heteroatoms. The number of hydrogen-bond acceptors (Lipinski definition) is 4. The zero-order valence-electron chi connectivity index (χ0n) is 19.3. The van der Waals surface area contributed by atoms with Crippen molar-refractivity contribution in [3.05, 3.63) is 41.0 Å². The Morgan fingerprint density at radius 3 is 2.81 bits per heavy atom. The van der Waals surface area contributed by atoms with E-state index in [1.807, 2.05) is 13.8 Å². The van der Waals surface area contributed by atoms with E-state index in [0.717, 1.165) is 61.4 Å². The van der Waals surface area contributed by atoms with Gasteiger partial charge in [0.25, 0.3) is 0 Å². The van der Waals surface area contributed by atoms with Crippen LogP contribution in [0.25, 0.3) is 0 Å². The molecule has 1 aliphatic heterocycles. The van der Waals surface area contributed by atoms with Crippen molar-refractivity contribution < 1.29 is 4.74 Å². The minimum absolute atomic E-state index is 0. The molecule has 2 N–H and O–H groups in total. The van der Waals surface area contributed by atoms with Gasteiger partial charge in [0.05, 0.1) is 12.6 Å². The molecule has 7 nitrogen and oxygen atoms in total. The second kappa shape index (κ2) is 12.9. The maximum Gasteiger partial charge on any atom is 0.191 e. The van der Waals surface area contributed by atoms with E-state index in [1.165, 1.54) is 24.8 Å². The lowest BCUT2D eigenvalue weighted by molar-refractivity contribution is 0.240. The average Bonchev–Trinajstić information content (AvgIpc) is 2.93. The third kappa shape index (κ3) is 7.66. The number of benzene rings is 1. The quantitative estimate of drug-likeness (QED) is 0.301. The van der Waals surface area contributed by atoms with Gasteiger partial charge in [-0.15, -0.1) is 34.2 Å². The van der Waals surface area contributed by atoms with Crippen molar-refractivity contribution in [3.63, 3.8) is 0 Å². The highest BCUT2D eigenvalue weighted by Gasteiger charge is 2.14. The number of nitrogens with zero attached hydrogens (tertiary/aromatic N) is 4. The smallest absolute Gasteiger partial charge is 0.191 e. The lowest BCUT2D eigenvalue weighted by Gasteiger charge is -2.15. The number of aromatic nitrogens is 3. The van der Waals surface area contributed by atoms with Gasteiger partial charge in [0, 0.05) is 38.0 Å². The van der Waals surface area contributed by atoms with Crippen molar-refractivity contribution >= 4 is 29.9 Å². The fourth-order valence-electron chi connectivity index (χ4n) is 3.68. The lowest BCUT2D eigenvalue weighted by Crippen LogP contribution is -2.38. The summed E-state index contributed by atoms with van der Waals surface area (Å²) >= 11 is 0. The molecule has 31 heavy (non-hydrogen) atoms. The summed E-state index contributed by atoms with van der Waals surface area (Å²) in [7, 11) is 0. The van der Waals surface area contributed by atoms with E-state index in [2.05, 4.69) is 57.4 Å². The predicted molar refractivity (Wildman–Crippen MR) is 136 cm³/mol. The van der Waals surface area contributed by atoms with Crippen LogP contribution in [-0.2, 0) is 25.9 Å². The largest absolute Gasteiger partial charge is 0.491 e. The molecule has 0 unspecified atom stereocenters. The first-order chi connectivity index (χ1) is 14.6. The zero-order valence-corrected chi connectivity index (χ0v) is 21.6. The number of rotatable bonds is 8. The first kappa shape index (κ1) is 25.4. The minimum atomic E-state index is 0. The standard InChI is InChI=1S/C23H36N6O.HI/c1-5-24-23(26-16-19-11-10-18(4)15-20(19)30-17(2)3)25-13-12-22-28-27-21-9-7-6-8-14-29(21)22;/h10-11,15,17H,5-9,12-14,16H2,1-4H3,(H2,24,25,26);1H. The van der Waals surface area contributed by atoms with E-state index in [9.17, 15) is 0 Å². The molecule has 0 atom stereocenters. The van der Waals surface area contributed by atoms with Crippen LogP contribution >= 0.6 is 24.0 Å². The molecule has 0 amide bonds. The Balaban J connectivity index is 0.00000341. The van der Waals surface area contributed by atoms with Gasteiger partial charge in [-0.05, 0) is 52.2 Å². The van der Waals surface area contributed by atoms with Crippen molar-refractivity contribution in [3.8, 4) is 5.75 Å². The summed E-state index contributed by atoms with van der Waals surface area (Å²) in [4.78, 5) is 4.77. The van der Waals surface area contributed by atoms with Crippen molar-refractivity contribution in [1.82, 2.24) is 25.4 Å². The minimum Gasteiger partial charge on any atom is -0.491 e. The van der Waals surface area contributed by atoms with E-state index in [0.29, 0.717) is 6.54 Å². The maximum absolute atomic E-state index is 5.98. The van der Waals surface area contributed by atoms with Crippen LogP contribution in [0.15, 0.2) is 23.2 Å². The molecule has 2 heterocycles. The van der Waals surface area contributed by atoms with Gasteiger partial charge in [-0.1, -0.05) is 18.6 Å². The topological polar surface area (TPSA) is 76.4 Å². The molecular formula is C23H37IN6O. The SMILES string of the molecule is CCNC(=NCc1ccc(C)cc1OC(C)C)NCCc1nnc2n1CCCCC2.I. The van der Waals surface area contributed by atoms with Crippen molar-refractivity contribution in [2.24, 2.45) is 4.99 Å². The van der Waals surface area contributed by atoms with Crippen LogP contribution in [0.1, 0.15) is 62.8 Å². The number of hydrogen-bond donors (Lipinski definition) is 2. The highest BCUT2D eigenvalue weighted by Crippen LogP contribution is 2.22. The van der Waals surface area contributed by atoms with Crippen molar-refractivity contribution in [2.75, 3.05) is 13.1 Å². The highest BCUT2D eigenvalue weighted by molar-refractivity contribution is 14.0. The molecule has 3 rings (SSSR count). The number of aliphatic imine (C=N–C) groups is 1. The highest BCUT2D eigenvalue weighted by atomic mass is 127. The summed E-state index contributed by atoms with van der Waals surface area (Å²) in [6, 6.07) is 6.29. The molecule has 0 saturated heterocycles. The van der Waals surface area contributed by atoms with Crippen LogP contribution in [0.2, 0.25) is 0 Å². The van der Waals surface area contributed by atoms with Crippen LogP contribution in [-0.4, -0.2) is 39.9 Å². The fraction of sp³-hybridized carbons (Fsp3) is 0.609. The van der Waals surface area contributed by atoms with Gasteiger partial charge in [0.1, 0.15) is 17.4 Å². The van der Waals surface area contributed by atoms with Gasteiger partial charge in [-0.3, -0.25) is 0 Å². The number of halogens is 1. The fourth-order valence-corrected chi connectivity index (χ4v) is 3.68. The average molecular weight is 540 g/mol. The normalized spacial score (nSPS) is 13.9. The Bertz CT molecular complexity index is 849. The molecule has 0 radical (unpaired) electrons. The van der Waals surface area contributed by atoms with Crippen molar-refractivity contribution in [2.45, 2.75) is 79.0 Å². The van der Waals surface area contributed by atoms with Gasteiger partial charge >= 0.3 is 0 Å². The number of aryl methyl sites for hydroxylation is 2. The van der Waals surface area contributed by atoms with Crippen LogP contribution in [0.3, 0.4) is 0 Å².